The van der Waals surface area contributed by atoms with E-state index in [0.717, 1.165) is 22.4 Å². The van der Waals surface area contributed by atoms with Crippen molar-refractivity contribution in [1.29, 1.82) is 0 Å². The SMILES string of the molecule is CCn1c(=O)sc2cc(S(=O)(=O)N[C@@H](C)COc3ccc(C)c(C)c3)ccc21. The van der Waals surface area contributed by atoms with Crippen LogP contribution in [0.4, 0.5) is 0 Å². The van der Waals surface area contributed by atoms with Crippen LogP contribution in [0.2, 0.25) is 0 Å². The summed E-state index contributed by atoms with van der Waals surface area (Å²) in [5, 5.41) is 0. The molecule has 0 amide bonds. The first-order valence-corrected chi connectivity index (χ1v) is 11.4. The Balaban J connectivity index is 1.72. The Morgan fingerprint density at radius 3 is 2.57 bits per heavy atom. The highest BCUT2D eigenvalue weighted by Gasteiger charge is 2.19. The van der Waals surface area contributed by atoms with Gasteiger partial charge in [0.05, 0.1) is 21.2 Å². The predicted octanol–water partition coefficient (Wildman–Crippen LogP) is 3.45. The topological polar surface area (TPSA) is 77.4 Å². The summed E-state index contributed by atoms with van der Waals surface area (Å²) in [6.07, 6.45) is 0. The molecule has 0 aliphatic heterocycles. The summed E-state index contributed by atoms with van der Waals surface area (Å²) in [4.78, 5) is 12.0. The molecule has 0 spiro atoms. The molecule has 6 nitrogen and oxygen atoms in total. The first-order chi connectivity index (χ1) is 13.2. The van der Waals surface area contributed by atoms with Crippen LogP contribution in [0.25, 0.3) is 10.2 Å². The van der Waals surface area contributed by atoms with Crippen LogP contribution in [0.5, 0.6) is 5.75 Å². The fourth-order valence-corrected chi connectivity index (χ4v) is 5.23. The fourth-order valence-electron chi connectivity index (χ4n) is 2.91. The average Bonchev–Trinajstić information content (AvgIpc) is 2.96. The number of aryl methyl sites for hydroxylation is 3. The normalized spacial score (nSPS) is 13.0. The molecule has 1 heterocycles. The van der Waals surface area contributed by atoms with E-state index in [0.29, 0.717) is 17.0 Å². The van der Waals surface area contributed by atoms with E-state index in [1.54, 1.807) is 23.6 Å². The summed E-state index contributed by atoms with van der Waals surface area (Å²) in [7, 11) is -3.72. The van der Waals surface area contributed by atoms with Gasteiger partial charge in [-0.25, -0.2) is 13.1 Å². The van der Waals surface area contributed by atoms with Gasteiger partial charge in [0.2, 0.25) is 10.0 Å². The van der Waals surface area contributed by atoms with Gasteiger partial charge in [0.15, 0.2) is 0 Å². The van der Waals surface area contributed by atoms with Crippen molar-refractivity contribution in [3.63, 3.8) is 0 Å². The molecule has 0 fully saturated rings. The second kappa shape index (κ2) is 8.06. The number of nitrogens with one attached hydrogen (secondary N) is 1. The molecular formula is C20H24N2O4S2. The molecule has 0 aliphatic rings. The zero-order valence-corrected chi connectivity index (χ0v) is 18.0. The molecule has 3 rings (SSSR count). The van der Waals surface area contributed by atoms with Gasteiger partial charge in [-0.15, -0.1) is 0 Å². The van der Waals surface area contributed by atoms with Gasteiger partial charge in [0, 0.05) is 6.54 Å². The lowest BCUT2D eigenvalue weighted by Crippen LogP contribution is -2.36. The molecule has 2 aromatic carbocycles. The van der Waals surface area contributed by atoms with Crippen molar-refractivity contribution in [3.8, 4) is 5.75 Å². The molecule has 0 saturated heterocycles. The molecule has 0 radical (unpaired) electrons. The van der Waals surface area contributed by atoms with E-state index in [4.69, 9.17) is 4.74 Å². The quantitative estimate of drug-likeness (QED) is 0.635. The minimum atomic E-state index is -3.72. The lowest BCUT2D eigenvalue weighted by molar-refractivity contribution is 0.287. The summed E-state index contributed by atoms with van der Waals surface area (Å²) in [6, 6.07) is 10.1. The number of rotatable bonds is 7. The van der Waals surface area contributed by atoms with Crippen molar-refractivity contribution in [2.45, 2.75) is 45.2 Å². The van der Waals surface area contributed by atoms with Gasteiger partial charge in [-0.1, -0.05) is 17.4 Å². The lowest BCUT2D eigenvalue weighted by Gasteiger charge is -2.16. The summed E-state index contributed by atoms with van der Waals surface area (Å²) < 4.78 is 36.1. The Morgan fingerprint density at radius 1 is 1.14 bits per heavy atom. The smallest absolute Gasteiger partial charge is 0.308 e. The number of thiazole rings is 1. The Kier molecular flexibility index (Phi) is 5.92. The molecular weight excluding hydrogens is 396 g/mol. The van der Waals surface area contributed by atoms with Crippen LogP contribution < -0.4 is 14.3 Å². The molecule has 0 saturated carbocycles. The number of benzene rings is 2. The maximum atomic E-state index is 12.7. The van der Waals surface area contributed by atoms with Crippen LogP contribution in [0, 0.1) is 13.8 Å². The highest BCUT2D eigenvalue weighted by atomic mass is 32.2. The van der Waals surface area contributed by atoms with E-state index in [1.807, 2.05) is 39.0 Å². The monoisotopic (exact) mass is 420 g/mol. The maximum absolute atomic E-state index is 12.7. The van der Waals surface area contributed by atoms with Crippen molar-refractivity contribution in [3.05, 3.63) is 57.2 Å². The van der Waals surface area contributed by atoms with Gasteiger partial charge in [0.25, 0.3) is 0 Å². The van der Waals surface area contributed by atoms with E-state index in [-0.39, 0.29) is 16.4 Å². The Bertz CT molecular complexity index is 1160. The third-order valence-electron chi connectivity index (χ3n) is 4.60. The lowest BCUT2D eigenvalue weighted by atomic mass is 10.1. The third kappa shape index (κ3) is 4.29. The van der Waals surface area contributed by atoms with Gasteiger partial charge in [-0.05, 0) is 69.2 Å². The summed E-state index contributed by atoms with van der Waals surface area (Å²) in [5.74, 6) is 0.709. The fraction of sp³-hybridized carbons (Fsp3) is 0.350. The zero-order chi connectivity index (χ0) is 20.5. The number of hydrogen-bond donors (Lipinski definition) is 1. The van der Waals surface area contributed by atoms with Crippen molar-refractivity contribution in [2.75, 3.05) is 6.61 Å². The van der Waals surface area contributed by atoms with E-state index in [9.17, 15) is 13.2 Å². The predicted molar refractivity (Wildman–Crippen MR) is 113 cm³/mol. The first-order valence-electron chi connectivity index (χ1n) is 9.07. The van der Waals surface area contributed by atoms with Crippen LogP contribution >= 0.6 is 11.3 Å². The van der Waals surface area contributed by atoms with E-state index >= 15 is 0 Å². The number of sulfonamides is 1. The van der Waals surface area contributed by atoms with E-state index in [2.05, 4.69) is 4.72 Å². The van der Waals surface area contributed by atoms with Gasteiger partial charge in [-0.3, -0.25) is 9.36 Å². The number of fused-ring (bicyclic) bond motifs is 1. The molecule has 8 heteroatoms. The molecule has 28 heavy (non-hydrogen) atoms. The van der Waals surface area contributed by atoms with E-state index in [1.165, 1.54) is 11.6 Å². The molecule has 150 valence electrons. The second-order valence-electron chi connectivity index (χ2n) is 6.82. The van der Waals surface area contributed by atoms with Crippen molar-refractivity contribution >= 4 is 31.6 Å². The van der Waals surface area contributed by atoms with Crippen LogP contribution in [-0.2, 0) is 16.6 Å². The maximum Gasteiger partial charge on any atom is 0.308 e. The molecule has 0 aliphatic carbocycles. The molecule has 3 aromatic rings. The number of nitrogens with zero attached hydrogens (tertiary/aromatic N) is 1. The van der Waals surface area contributed by atoms with Crippen molar-refractivity contribution < 1.29 is 13.2 Å². The first kappa shape index (κ1) is 20.6. The number of aromatic nitrogens is 1. The molecule has 1 N–H and O–H groups in total. The molecule has 1 aromatic heterocycles. The number of hydrogen-bond acceptors (Lipinski definition) is 5. The van der Waals surface area contributed by atoms with Crippen LogP contribution in [0.1, 0.15) is 25.0 Å². The van der Waals surface area contributed by atoms with Crippen molar-refractivity contribution in [1.82, 2.24) is 9.29 Å². The standard InChI is InChI=1S/C20H24N2O4S2/c1-5-22-18-9-8-17(11-19(18)27-20(22)23)28(24,25)21-15(4)12-26-16-7-6-13(2)14(3)10-16/h6-11,15,21H,5,12H2,1-4H3/t15-/m0/s1. The van der Waals surface area contributed by atoms with E-state index < -0.39 is 16.1 Å². The Morgan fingerprint density at radius 2 is 1.89 bits per heavy atom. The minimum absolute atomic E-state index is 0.0878. The highest BCUT2D eigenvalue weighted by Crippen LogP contribution is 2.22. The van der Waals surface area contributed by atoms with Gasteiger partial charge >= 0.3 is 4.87 Å². The third-order valence-corrected chi connectivity index (χ3v) is 7.13. The van der Waals surface area contributed by atoms with Crippen LogP contribution in [-0.4, -0.2) is 25.6 Å². The van der Waals surface area contributed by atoms with Gasteiger partial charge in [0.1, 0.15) is 12.4 Å². The summed E-state index contributed by atoms with van der Waals surface area (Å²) >= 11 is 1.05. The Labute approximate surface area is 168 Å². The van der Waals surface area contributed by atoms with Crippen LogP contribution in [0.3, 0.4) is 0 Å². The molecule has 0 bridgehead atoms. The molecule has 0 unspecified atom stereocenters. The molecule has 1 atom stereocenters. The zero-order valence-electron chi connectivity index (χ0n) is 16.4. The second-order valence-corrected chi connectivity index (χ2v) is 9.53. The van der Waals surface area contributed by atoms with Gasteiger partial charge in [-0.2, -0.15) is 0 Å². The van der Waals surface area contributed by atoms with Gasteiger partial charge < -0.3 is 4.74 Å². The van der Waals surface area contributed by atoms with Crippen molar-refractivity contribution in [2.24, 2.45) is 0 Å². The largest absolute Gasteiger partial charge is 0.492 e. The summed E-state index contributed by atoms with van der Waals surface area (Å²) in [6.45, 7) is 8.43. The average molecular weight is 421 g/mol. The minimum Gasteiger partial charge on any atom is -0.492 e. The summed E-state index contributed by atoms with van der Waals surface area (Å²) in [5.41, 5.74) is 3.05. The van der Waals surface area contributed by atoms with Crippen LogP contribution in [0.15, 0.2) is 46.1 Å². The number of ether oxygens (including phenoxy) is 1. The Hall–Kier alpha value is -2.16. The highest BCUT2D eigenvalue weighted by molar-refractivity contribution is 7.89.